The minimum Gasteiger partial charge on any atom is -0.349 e. The normalized spacial score (nSPS) is 10.2. The molecule has 0 aliphatic rings. The highest BCUT2D eigenvalue weighted by Crippen LogP contribution is 2.29. The Morgan fingerprint density at radius 1 is 1.48 bits per heavy atom. The molecule has 2 aromatic heterocycles. The smallest absolute Gasteiger partial charge is 0.332 e. The van der Waals surface area contributed by atoms with Crippen LogP contribution >= 0.6 is 0 Å². The number of rotatable bonds is 5. The Morgan fingerprint density at radius 2 is 2.24 bits per heavy atom. The number of aromatic nitrogens is 3. The molecule has 0 saturated heterocycles. The van der Waals surface area contributed by atoms with Crippen molar-refractivity contribution in [3.63, 3.8) is 0 Å². The van der Waals surface area contributed by atoms with E-state index in [1.54, 1.807) is 37.3 Å². The first-order valence-electron chi connectivity index (χ1n) is 6.12. The van der Waals surface area contributed by atoms with Crippen molar-refractivity contribution in [3.05, 3.63) is 45.9 Å². The van der Waals surface area contributed by atoms with Crippen molar-refractivity contribution in [2.24, 2.45) is 5.84 Å². The predicted molar refractivity (Wildman–Crippen MR) is 77.6 cm³/mol. The molecule has 2 heterocycles. The molecule has 0 radical (unpaired) electrons. The molecule has 0 aliphatic heterocycles. The molecule has 0 aromatic carbocycles. The summed E-state index contributed by atoms with van der Waals surface area (Å²) >= 11 is 0. The highest BCUT2D eigenvalue weighted by atomic mass is 16.6. The van der Waals surface area contributed by atoms with Gasteiger partial charge in [-0.05, 0) is 18.6 Å². The molecule has 2 rings (SSSR count). The van der Waals surface area contributed by atoms with E-state index in [1.165, 1.54) is 0 Å². The van der Waals surface area contributed by atoms with Gasteiger partial charge < -0.3 is 4.90 Å². The van der Waals surface area contributed by atoms with Gasteiger partial charge in [0.25, 0.3) is 0 Å². The van der Waals surface area contributed by atoms with Gasteiger partial charge in [-0.1, -0.05) is 6.07 Å². The number of anilines is 2. The number of nitrogen functional groups attached to an aromatic ring is 1. The molecule has 110 valence electrons. The van der Waals surface area contributed by atoms with Gasteiger partial charge in [0.15, 0.2) is 0 Å². The van der Waals surface area contributed by atoms with E-state index in [1.807, 2.05) is 6.07 Å². The van der Waals surface area contributed by atoms with Crippen molar-refractivity contribution in [1.29, 1.82) is 0 Å². The van der Waals surface area contributed by atoms with E-state index < -0.39 is 4.92 Å². The molecule has 0 amide bonds. The molecule has 21 heavy (non-hydrogen) atoms. The Morgan fingerprint density at radius 3 is 2.81 bits per heavy atom. The maximum Gasteiger partial charge on any atom is 0.332 e. The van der Waals surface area contributed by atoms with Gasteiger partial charge in [0.1, 0.15) is 5.69 Å². The van der Waals surface area contributed by atoms with Crippen LogP contribution in [0.2, 0.25) is 0 Å². The van der Waals surface area contributed by atoms with Gasteiger partial charge in [0, 0.05) is 26.0 Å². The first kappa shape index (κ1) is 14.6. The standard InChI is InChI=1S/C12H15N7O2/c1-8-10(19(20)21)11(16-12(15-8)17-13)18(2)7-9-4-3-5-14-6-9/h3-6H,7,13H2,1-2H3,(H,15,16,17). The highest BCUT2D eigenvalue weighted by molar-refractivity contribution is 5.62. The van der Waals surface area contributed by atoms with Crippen molar-refractivity contribution in [1.82, 2.24) is 15.0 Å². The average Bonchev–Trinajstić information content (AvgIpc) is 2.46. The van der Waals surface area contributed by atoms with Crippen LogP contribution in [-0.2, 0) is 6.54 Å². The molecule has 0 spiro atoms. The molecule has 9 heteroatoms. The van der Waals surface area contributed by atoms with Gasteiger partial charge in [-0.25, -0.2) is 10.8 Å². The number of nitrogens with two attached hydrogens (primary N) is 1. The molecule has 9 nitrogen and oxygen atoms in total. The van der Waals surface area contributed by atoms with E-state index in [-0.39, 0.29) is 23.1 Å². The summed E-state index contributed by atoms with van der Waals surface area (Å²) in [4.78, 5) is 24.4. The van der Waals surface area contributed by atoms with Crippen molar-refractivity contribution in [3.8, 4) is 0 Å². The fraction of sp³-hybridized carbons (Fsp3) is 0.250. The lowest BCUT2D eigenvalue weighted by atomic mass is 10.2. The summed E-state index contributed by atoms with van der Waals surface area (Å²) in [6.07, 6.45) is 3.36. The Labute approximate surface area is 121 Å². The van der Waals surface area contributed by atoms with E-state index in [0.29, 0.717) is 6.54 Å². The topological polar surface area (TPSA) is 123 Å². The second-order valence-electron chi connectivity index (χ2n) is 4.42. The monoisotopic (exact) mass is 289 g/mol. The number of hydrogen-bond acceptors (Lipinski definition) is 8. The van der Waals surface area contributed by atoms with Gasteiger partial charge >= 0.3 is 5.69 Å². The van der Waals surface area contributed by atoms with Crippen molar-refractivity contribution < 1.29 is 4.92 Å². The van der Waals surface area contributed by atoms with Gasteiger partial charge in [-0.3, -0.25) is 20.5 Å². The van der Waals surface area contributed by atoms with Crippen molar-refractivity contribution >= 4 is 17.5 Å². The van der Waals surface area contributed by atoms with Gasteiger partial charge in [0.2, 0.25) is 11.8 Å². The maximum atomic E-state index is 11.2. The molecule has 3 N–H and O–H groups in total. The van der Waals surface area contributed by atoms with Crippen molar-refractivity contribution in [2.45, 2.75) is 13.5 Å². The minimum atomic E-state index is -0.495. The number of pyridine rings is 1. The molecule has 0 atom stereocenters. The van der Waals surface area contributed by atoms with E-state index in [2.05, 4.69) is 20.4 Å². The van der Waals surface area contributed by atoms with Crippen LogP contribution in [-0.4, -0.2) is 26.9 Å². The molecule has 0 saturated carbocycles. The number of hydrogen-bond donors (Lipinski definition) is 2. The molecular formula is C12H15N7O2. The zero-order valence-electron chi connectivity index (χ0n) is 11.6. The van der Waals surface area contributed by atoms with Crippen LogP contribution in [0.15, 0.2) is 24.5 Å². The number of nitrogens with zero attached hydrogens (tertiary/aromatic N) is 5. The van der Waals surface area contributed by atoms with Crippen LogP contribution in [0.3, 0.4) is 0 Å². The van der Waals surface area contributed by atoms with Gasteiger partial charge in [0.05, 0.1) is 4.92 Å². The molecular weight excluding hydrogens is 274 g/mol. The van der Waals surface area contributed by atoms with Gasteiger partial charge in [-0.2, -0.15) is 4.98 Å². The molecule has 0 aliphatic carbocycles. The first-order valence-corrected chi connectivity index (χ1v) is 6.12. The van der Waals surface area contributed by atoms with Crippen molar-refractivity contribution in [2.75, 3.05) is 17.4 Å². The van der Waals surface area contributed by atoms with Gasteiger partial charge in [-0.15, -0.1) is 0 Å². The molecule has 2 aromatic rings. The summed E-state index contributed by atoms with van der Waals surface area (Å²) in [6, 6.07) is 3.68. The van der Waals surface area contributed by atoms with Crippen LogP contribution < -0.4 is 16.2 Å². The quantitative estimate of drug-likeness (QED) is 0.475. The summed E-state index contributed by atoms with van der Waals surface area (Å²) in [7, 11) is 1.71. The number of hydrazine groups is 1. The molecule has 0 bridgehead atoms. The van der Waals surface area contributed by atoms with E-state index in [0.717, 1.165) is 5.56 Å². The Bertz CT molecular complexity index is 648. The van der Waals surface area contributed by atoms with Crippen LogP contribution in [0.4, 0.5) is 17.5 Å². The number of nitrogens with one attached hydrogen (secondary N) is 1. The minimum absolute atomic E-state index is 0.131. The Hall–Kier alpha value is -2.81. The lowest BCUT2D eigenvalue weighted by Crippen LogP contribution is -2.22. The van der Waals surface area contributed by atoms with E-state index in [4.69, 9.17) is 5.84 Å². The predicted octanol–water partition coefficient (Wildman–Crippen LogP) is 1.01. The van der Waals surface area contributed by atoms with Crippen LogP contribution in [0.1, 0.15) is 11.3 Å². The average molecular weight is 289 g/mol. The Kier molecular flexibility index (Phi) is 4.24. The first-order chi connectivity index (χ1) is 10.0. The number of nitro groups is 1. The summed E-state index contributed by atoms with van der Waals surface area (Å²) < 4.78 is 0. The lowest BCUT2D eigenvalue weighted by Gasteiger charge is -2.19. The zero-order valence-corrected chi connectivity index (χ0v) is 11.6. The van der Waals surface area contributed by atoms with Crippen LogP contribution in [0, 0.1) is 17.0 Å². The second kappa shape index (κ2) is 6.09. The second-order valence-corrected chi connectivity index (χ2v) is 4.42. The third kappa shape index (κ3) is 3.20. The third-order valence-electron chi connectivity index (χ3n) is 2.86. The third-order valence-corrected chi connectivity index (χ3v) is 2.86. The van der Waals surface area contributed by atoms with Crippen LogP contribution in [0.5, 0.6) is 0 Å². The number of aryl methyl sites for hydroxylation is 1. The molecule has 0 unspecified atom stereocenters. The van der Waals surface area contributed by atoms with E-state index in [9.17, 15) is 10.1 Å². The zero-order chi connectivity index (χ0) is 15.4. The summed E-state index contributed by atoms with van der Waals surface area (Å²) in [6.45, 7) is 1.97. The Balaban J connectivity index is 2.41. The fourth-order valence-corrected chi connectivity index (χ4v) is 1.94. The maximum absolute atomic E-state index is 11.2. The summed E-state index contributed by atoms with van der Waals surface area (Å²) in [5.74, 6) is 5.62. The fourth-order valence-electron chi connectivity index (χ4n) is 1.94. The summed E-state index contributed by atoms with van der Waals surface area (Å²) in [5.41, 5.74) is 3.33. The highest BCUT2D eigenvalue weighted by Gasteiger charge is 2.24. The largest absolute Gasteiger partial charge is 0.349 e. The SMILES string of the molecule is Cc1nc(NN)nc(N(C)Cc2cccnc2)c1[N+](=O)[O-]. The van der Waals surface area contributed by atoms with E-state index >= 15 is 0 Å². The molecule has 0 fully saturated rings. The summed E-state index contributed by atoms with van der Waals surface area (Å²) in [5, 5.41) is 11.2. The lowest BCUT2D eigenvalue weighted by molar-refractivity contribution is -0.385. The van der Waals surface area contributed by atoms with Crippen LogP contribution in [0.25, 0.3) is 0 Å².